The lowest BCUT2D eigenvalue weighted by Gasteiger charge is -2.44. The van der Waals surface area contributed by atoms with Gasteiger partial charge in [0.05, 0.1) is 12.6 Å². The number of hydrogen-bond acceptors (Lipinski definition) is 4. The summed E-state index contributed by atoms with van der Waals surface area (Å²) >= 11 is 6.05. The minimum Gasteiger partial charge on any atom is -0.497 e. The van der Waals surface area contributed by atoms with Crippen LogP contribution in [-0.2, 0) is 4.74 Å². The first-order valence-corrected chi connectivity index (χ1v) is 7.95. The van der Waals surface area contributed by atoms with Crippen LogP contribution < -0.4 is 4.74 Å². The standard InChI is InChI=1S/C16H19ClN2O4/c1-3-16-9-18(4-5-19(16)15(21)23-10-16)14(20)11-6-12(17)8-13(7-11)22-2/h6-8H,3-5,9-10H2,1-2H3. The Hall–Kier alpha value is -1.95. The first kappa shape index (κ1) is 15.9. The fourth-order valence-corrected chi connectivity index (χ4v) is 3.45. The highest BCUT2D eigenvalue weighted by atomic mass is 35.5. The SMILES string of the molecule is CCC12COC(=O)N1CCN(C(=O)c1cc(Cl)cc(OC)c1)C2. The topological polar surface area (TPSA) is 59.1 Å². The predicted octanol–water partition coefficient (Wildman–Crippen LogP) is 2.41. The number of nitrogens with zero attached hydrogens (tertiary/aromatic N) is 2. The normalized spacial score (nSPS) is 23.5. The molecule has 0 aliphatic carbocycles. The summed E-state index contributed by atoms with van der Waals surface area (Å²) in [5.74, 6) is 0.432. The Balaban J connectivity index is 1.84. The predicted molar refractivity (Wildman–Crippen MR) is 85.0 cm³/mol. The summed E-state index contributed by atoms with van der Waals surface area (Å²) in [6.45, 7) is 3.75. The molecule has 2 amide bonds. The van der Waals surface area contributed by atoms with E-state index in [4.69, 9.17) is 21.1 Å². The highest BCUT2D eigenvalue weighted by Crippen LogP contribution is 2.32. The molecule has 2 saturated heterocycles. The number of benzene rings is 1. The lowest BCUT2D eigenvalue weighted by molar-refractivity contribution is 0.0361. The Morgan fingerprint density at radius 2 is 2.17 bits per heavy atom. The number of methoxy groups -OCH3 is 1. The summed E-state index contributed by atoms with van der Waals surface area (Å²) in [6, 6.07) is 4.97. The third-order valence-corrected chi connectivity index (χ3v) is 4.85. The molecule has 2 heterocycles. The number of carbonyl (C=O) groups is 2. The van der Waals surface area contributed by atoms with Crippen molar-refractivity contribution < 1.29 is 19.1 Å². The van der Waals surface area contributed by atoms with Crippen molar-refractivity contribution in [2.75, 3.05) is 33.4 Å². The summed E-state index contributed by atoms with van der Waals surface area (Å²) in [4.78, 5) is 28.1. The van der Waals surface area contributed by atoms with Crippen molar-refractivity contribution in [1.29, 1.82) is 0 Å². The first-order valence-electron chi connectivity index (χ1n) is 7.57. The molecule has 23 heavy (non-hydrogen) atoms. The fourth-order valence-electron chi connectivity index (χ4n) is 3.22. The molecule has 1 atom stereocenters. The number of carbonyl (C=O) groups excluding carboxylic acids is 2. The van der Waals surface area contributed by atoms with Crippen LogP contribution in [0.5, 0.6) is 5.75 Å². The summed E-state index contributed by atoms with van der Waals surface area (Å²) in [7, 11) is 1.53. The van der Waals surface area contributed by atoms with E-state index in [1.807, 2.05) is 6.92 Å². The van der Waals surface area contributed by atoms with Crippen LogP contribution in [0.2, 0.25) is 5.02 Å². The van der Waals surface area contributed by atoms with E-state index in [1.54, 1.807) is 28.0 Å². The Morgan fingerprint density at radius 1 is 1.39 bits per heavy atom. The minimum atomic E-state index is -0.423. The van der Waals surface area contributed by atoms with Gasteiger partial charge in [-0.1, -0.05) is 18.5 Å². The van der Waals surface area contributed by atoms with Crippen molar-refractivity contribution in [1.82, 2.24) is 9.80 Å². The van der Waals surface area contributed by atoms with Gasteiger partial charge in [-0.2, -0.15) is 0 Å². The van der Waals surface area contributed by atoms with E-state index >= 15 is 0 Å². The first-order chi connectivity index (χ1) is 11.0. The van der Waals surface area contributed by atoms with Crippen molar-refractivity contribution in [2.45, 2.75) is 18.9 Å². The molecule has 2 aliphatic rings. The van der Waals surface area contributed by atoms with Crippen LogP contribution >= 0.6 is 11.6 Å². The van der Waals surface area contributed by atoms with Gasteiger partial charge in [-0.15, -0.1) is 0 Å². The molecule has 0 N–H and O–H groups in total. The van der Waals surface area contributed by atoms with E-state index in [2.05, 4.69) is 0 Å². The van der Waals surface area contributed by atoms with Crippen molar-refractivity contribution in [3.05, 3.63) is 28.8 Å². The van der Waals surface area contributed by atoms with Gasteiger partial charge in [0.15, 0.2) is 0 Å². The molecule has 1 aromatic rings. The summed E-state index contributed by atoms with van der Waals surface area (Å²) in [5, 5.41) is 0.455. The highest BCUT2D eigenvalue weighted by Gasteiger charge is 2.50. The number of amides is 2. The quantitative estimate of drug-likeness (QED) is 0.849. The maximum atomic E-state index is 12.8. The number of hydrogen-bond donors (Lipinski definition) is 0. The average Bonchev–Trinajstić information content (AvgIpc) is 2.90. The van der Waals surface area contributed by atoms with Gasteiger partial charge in [0, 0.05) is 30.2 Å². The molecule has 2 fully saturated rings. The number of cyclic esters (lactones) is 1. The van der Waals surface area contributed by atoms with Gasteiger partial charge in [-0.3, -0.25) is 9.69 Å². The summed E-state index contributed by atoms with van der Waals surface area (Å²) in [6.07, 6.45) is 0.449. The molecule has 1 aromatic carbocycles. The molecule has 0 bridgehead atoms. The van der Waals surface area contributed by atoms with Crippen LogP contribution in [-0.4, -0.2) is 60.7 Å². The molecule has 7 heteroatoms. The zero-order valence-electron chi connectivity index (χ0n) is 13.2. The number of fused-ring (bicyclic) bond motifs is 1. The molecular formula is C16H19ClN2O4. The van der Waals surface area contributed by atoms with Crippen molar-refractivity contribution >= 4 is 23.6 Å². The third-order valence-electron chi connectivity index (χ3n) is 4.64. The van der Waals surface area contributed by atoms with Gasteiger partial charge >= 0.3 is 6.09 Å². The van der Waals surface area contributed by atoms with Crippen molar-refractivity contribution in [3.8, 4) is 5.75 Å². The number of halogens is 1. The van der Waals surface area contributed by atoms with Gasteiger partial charge < -0.3 is 14.4 Å². The second kappa shape index (κ2) is 5.92. The van der Waals surface area contributed by atoms with Gasteiger partial charge in [-0.05, 0) is 24.6 Å². The monoisotopic (exact) mass is 338 g/mol. The number of ether oxygens (including phenoxy) is 2. The molecule has 0 spiro atoms. The molecule has 0 radical (unpaired) electrons. The van der Waals surface area contributed by atoms with Crippen molar-refractivity contribution in [2.24, 2.45) is 0 Å². The van der Waals surface area contributed by atoms with E-state index in [1.165, 1.54) is 7.11 Å². The van der Waals surface area contributed by atoms with Crippen LogP contribution in [0.15, 0.2) is 18.2 Å². The van der Waals surface area contributed by atoms with Crippen LogP contribution in [0, 0.1) is 0 Å². The molecule has 0 aromatic heterocycles. The van der Waals surface area contributed by atoms with Crippen LogP contribution in [0.1, 0.15) is 23.7 Å². The molecular weight excluding hydrogens is 320 g/mol. The Labute approximate surface area is 139 Å². The van der Waals surface area contributed by atoms with E-state index in [0.717, 1.165) is 6.42 Å². The van der Waals surface area contributed by atoms with Crippen LogP contribution in [0.3, 0.4) is 0 Å². The van der Waals surface area contributed by atoms with Gasteiger partial charge in [0.25, 0.3) is 5.91 Å². The fraction of sp³-hybridized carbons (Fsp3) is 0.500. The molecule has 0 saturated carbocycles. The van der Waals surface area contributed by atoms with E-state index in [-0.39, 0.29) is 12.0 Å². The van der Waals surface area contributed by atoms with Crippen LogP contribution in [0.25, 0.3) is 0 Å². The molecule has 2 aliphatic heterocycles. The maximum absolute atomic E-state index is 12.8. The highest BCUT2D eigenvalue weighted by molar-refractivity contribution is 6.31. The second-order valence-electron chi connectivity index (χ2n) is 5.89. The Bertz CT molecular complexity index is 651. The number of piperazine rings is 1. The van der Waals surface area contributed by atoms with Gasteiger partial charge in [-0.25, -0.2) is 4.79 Å². The maximum Gasteiger partial charge on any atom is 0.410 e. The summed E-state index contributed by atoms with van der Waals surface area (Å²) in [5.41, 5.74) is 0.0625. The Morgan fingerprint density at radius 3 is 2.87 bits per heavy atom. The summed E-state index contributed by atoms with van der Waals surface area (Å²) < 4.78 is 10.4. The average molecular weight is 339 g/mol. The zero-order valence-corrected chi connectivity index (χ0v) is 13.9. The van der Waals surface area contributed by atoms with Crippen molar-refractivity contribution in [3.63, 3.8) is 0 Å². The molecule has 6 nitrogen and oxygen atoms in total. The molecule has 124 valence electrons. The molecule has 1 unspecified atom stereocenters. The van der Waals surface area contributed by atoms with Gasteiger partial charge in [0.2, 0.25) is 0 Å². The van der Waals surface area contributed by atoms with Gasteiger partial charge in [0.1, 0.15) is 12.4 Å². The zero-order chi connectivity index (χ0) is 16.6. The van der Waals surface area contributed by atoms with Crippen LogP contribution in [0.4, 0.5) is 4.79 Å². The van der Waals surface area contributed by atoms with E-state index < -0.39 is 5.54 Å². The largest absolute Gasteiger partial charge is 0.497 e. The molecule has 3 rings (SSSR count). The van der Waals surface area contributed by atoms with E-state index in [9.17, 15) is 9.59 Å². The lowest BCUT2D eigenvalue weighted by Crippen LogP contribution is -2.62. The lowest BCUT2D eigenvalue weighted by atomic mass is 9.92. The number of rotatable bonds is 3. The Kier molecular flexibility index (Phi) is 4.10. The second-order valence-corrected chi connectivity index (χ2v) is 6.33. The van der Waals surface area contributed by atoms with E-state index in [0.29, 0.717) is 42.6 Å². The third kappa shape index (κ3) is 2.72. The smallest absolute Gasteiger partial charge is 0.410 e. The minimum absolute atomic E-state index is 0.113.